The topological polar surface area (TPSA) is 58.6 Å². The zero-order valence-electron chi connectivity index (χ0n) is 7.50. The molecule has 0 saturated heterocycles. The maximum atomic E-state index is 10.6. The molecule has 0 fully saturated rings. The van der Waals surface area contributed by atoms with Crippen molar-refractivity contribution in [3.63, 3.8) is 0 Å². The van der Waals surface area contributed by atoms with Gasteiger partial charge >= 0.3 is 5.97 Å². The Labute approximate surface area is 76.1 Å². The van der Waals surface area contributed by atoms with Crippen LogP contribution in [-0.2, 0) is 0 Å². The Balaban J connectivity index is 3.13. The highest BCUT2D eigenvalue weighted by Gasteiger charge is 2.07. The molecule has 0 atom stereocenters. The van der Waals surface area contributed by atoms with E-state index in [1.807, 2.05) is 0 Å². The number of methoxy groups -OCH3 is 1. The molecule has 4 nitrogen and oxygen atoms in total. The van der Waals surface area contributed by atoms with Crippen molar-refractivity contribution in [2.75, 3.05) is 19.5 Å². The molecule has 0 bridgehead atoms. The molecule has 13 heavy (non-hydrogen) atoms. The van der Waals surface area contributed by atoms with Gasteiger partial charge in [0, 0.05) is 7.05 Å². The molecule has 2 N–H and O–H groups in total. The quantitative estimate of drug-likeness (QED) is 0.740. The number of hydrogen-bond acceptors (Lipinski definition) is 3. The number of nitrogens with one attached hydrogen (secondary N) is 1. The first-order chi connectivity index (χ1) is 6.19. The van der Waals surface area contributed by atoms with Gasteiger partial charge in [0.2, 0.25) is 0 Å². The lowest BCUT2D eigenvalue weighted by molar-refractivity contribution is 0.0696. The van der Waals surface area contributed by atoms with Crippen molar-refractivity contribution in [1.29, 1.82) is 0 Å². The predicted molar refractivity (Wildman–Crippen MR) is 49.5 cm³/mol. The lowest BCUT2D eigenvalue weighted by Gasteiger charge is -2.07. The Hall–Kier alpha value is -1.71. The molecule has 0 aliphatic rings. The summed E-state index contributed by atoms with van der Waals surface area (Å²) in [5.41, 5.74) is 0.989. The van der Waals surface area contributed by atoms with Crippen LogP contribution < -0.4 is 10.1 Å². The Morgan fingerprint density at radius 3 is 2.69 bits per heavy atom. The molecule has 0 radical (unpaired) electrons. The second-order valence-electron chi connectivity index (χ2n) is 2.47. The summed E-state index contributed by atoms with van der Waals surface area (Å²) in [6.45, 7) is 0. The Morgan fingerprint density at radius 1 is 1.54 bits per heavy atom. The number of benzene rings is 1. The summed E-state index contributed by atoms with van der Waals surface area (Å²) in [4.78, 5) is 10.6. The van der Waals surface area contributed by atoms with Gasteiger partial charge in [0.05, 0.1) is 18.4 Å². The van der Waals surface area contributed by atoms with Crippen LogP contribution in [0.4, 0.5) is 5.69 Å². The first-order valence-electron chi connectivity index (χ1n) is 3.78. The van der Waals surface area contributed by atoms with E-state index >= 15 is 0 Å². The van der Waals surface area contributed by atoms with Gasteiger partial charge < -0.3 is 15.2 Å². The maximum absolute atomic E-state index is 10.6. The van der Waals surface area contributed by atoms with Gasteiger partial charge in [0.1, 0.15) is 5.75 Å². The van der Waals surface area contributed by atoms with Crippen LogP contribution in [0, 0.1) is 0 Å². The smallest absolute Gasteiger partial charge is 0.335 e. The number of carboxylic acids is 1. The van der Waals surface area contributed by atoms with E-state index in [0.717, 1.165) is 5.69 Å². The van der Waals surface area contributed by atoms with E-state index in [4.69, 9.17) is 9.84 Å². The number of aromatic carboxylic acids is 1. The second kappa shape index (κ2) is 3.80. The number of rotatable bonds is 3. The normalized spacial score (nSPS) is 9.38. The summed E-state index contributed by atoms with van der Waals surface area (Å²) in [7, 11) is 3.25. The fraction of sp³-hybridized carbons (Fsp3) is 0.222. The van der Waals surface area contributed by atoms with Gasteiger partial charge in [-0.05, 0) is 18.2 Å². The van der Waals surface area contributed by atoms with E-state index in [1.165, 1.54) is 19.2 Å². The average Bonchev–Trinajstić information content (AvgIpc) is 2.16. The van der Waals surface area contributed by atoms with Crippen molar-refractivity contribution in [2.45, 2.75) is 0 Å². The minimum Gasteiger partial charge on any atom is -0.495 e. The number of carbonyl (C=O) groups is 1. The highest BCUT2D eigenvalue weighted by Crippen LogP contribution is 2.24. The van der Waals surface area contributed by atoms with Crippen LogP contribution in [0.3, 0.4) is 0 Å². The Morgan fingerprint density at radius 2 is 2.23 bits per heavy atom. The standard InChI is InChI=1S/C9H11NO3/c1-10-7-4-3-6(9(11)12)5-8(7)13-2/h3-5,10H,1-2H3,(H,11,12). The van der Waals surface area contributed by atoms with E-state index in [1.54, 1.807) is 13.1 Å². The Kier molecular flexibility index (Phi) is 2.74. The van der Waals surface area contributed by atoms with E-state index in [0.29, 0.717) is 5.75 Å². The van der Waals surface area contributed by atoms with Gasteiger partial charge in [-0.1, -0.05) is 0 Å². The zero-order chi connectivity index (χ0) is 9.84. The summed E-state index contributed by atoms with van der Waals surface area (Å²) in [6, 6.07) is 4.67. The summed E-state index contributed by atoms with van der Waals surface area (Å²) >= 11 is 0. The van der Waals surface area contributed by atoms with E-state index in [-0.39, 0.29) is 5.56 Å². The Bertz CT molecular complexity index is 323. The largest absolute Gasteiger partial charge is 0.495 e. The first-order valence-corrected chi connectivity index (χ1v) is 3.78. The van der Waals surface area contributed by atoms with Gasteiger partial charge in [0.15, 0.2) is 0 Å². The van der Waals surface area contributed by atoms with Crippen LogP contribution in [0.25, 0.3) is 0 Å². The van der Waals surface area contributed by atoms with E-state index in [2.05, 4.69) is 5.32 Å². The van der Waals surface area contributed by atoms with Gasteiger partial charge in [-0.15, -0.1) is 0 Å². The van der Waals surface area contributed by atoms with Crippen LogP contribution in [-0.4, -0.2) is 25.2 Å². The second-order valence-corrected chi connectivity index (χ2v) is 2.47. The van der Waals surface area contributed by atoms with Gasteiger partial charge in [0.25, 0.3) is 0 Å². The van der Waals surface area contributed by atoms with E-state index in [9.17, 15) is 4.79 Å². The molecule has 1 aromatic carbocycles. The predicted octanol–water partition coefficient (Wildman–Crippen LogP) is 1.44. The third kappa shape index (κ3) is 1.90. The highest BCUT2D eigenvalue weighted by atomic mass is 16.5. The molecule has 0 aromatic heterocycles. The summed E-state index contributed by atoms with van der Waals surface area (Å²) in [5.74, 6) is -0.427. The number of carboxylic acid groups (broad SMARTS) is 1. The molecular weight excluding hydrogens is 170 g/mol. The van der Waals surface area contributed by atoms with Gasteiger partial charge in [-0.3, -0.25) is 0 Å². The SMILES string of the molecule is CNc1ccc(C(=O)O)cc1OC. The molecule has 0 spiro atoms. The summed E-state index contributed by atoms with van der Waals surface area (Å²) in [6.07, 6.45) is 0. The molecule has 0 aliphatic heterocycles. The lowest BCUT2D eigenvalue weighted by Crippen LogP contribution is -1.99. The van der Waals surface area contributed by atoms with Crippen molar-refractivity contribution in [2.24, 2.45) is 0 Å². The first kappa shape index (κ1) is 9.38. The minimum atomic E-state index is -0.957. The summed E-state index contributed by atoms with van der Waals surface area (Å²) < 4.78 is 5.00. The highest BCUT2D eigenvalue weighted by molar-refractivity contribution is 5.89. The maximum Gasteiger partial charge on any atom is 0.335 e. The van der Waals surface area contributed by atoms with Crippen molar-refractivity contribution in [3.8, 4) is 5.75 Å². The monoisotopic (exact) mass is 181 g/mol. The molecule has 0 aliphatic carbocycles. The summed E-state index contributed by atoms with van der Waals surface area (Å²) in [5, 5.41) is 11.6. The van der Waals surface area contributed by atoms with Crippen molar-refractivity contribution in [1.82, 2.24) is 0 Å². The van der Waals surface area contributed by atoms with Crippen molar-refractivity contribution < 1.29 is 14.6 Å². The fourth-order valence-corrected chi connectivity index (χ4v) is 1.03. The number of hydrogen-bond donors (Lipinski definition) is 2. The van der Waals surface area contributed by atoms with Crippen molar-refractivity contribution in [3.05, 3.63) is 23.8 Å². The molecule has 1 aromatic rings. The zero-order valence-corrected chi connectivity index (χ0v) is 7.50. The van der Waals surface area contributed by atoms with Crippen LogP contribution in [0.2, 0.25) is 0 Å². The van der Waals surface area contributed by atoms with Crippen LogP contribution >= 0.6 is 0 Å². The lowest BCUT2D eigenvalue weighted by atomic mass is 10.2. The minimum absolute atomic E-state index is 0.218. The van der Waals surface area contributed by atoms with E-state index < -0.39 is 5.97 Å². The molecule has 0 heterocycles. The molecule has 4 heteroatoms. The molecule has 0 amide bonds. The van der Waals surface area contributed by atoms with Gasteiger partial charge in [-0.2, -0.15) is 0 Å². The third-order valence-corrected chi connectivity index (χ3v) is 1.72. The number of anilines is 1. The molecule has 0 saturated carbocycles. The van der Waals surface area contributed by atoms with Crippen LogP contribution in [0.1, 0.15) is 10.4 Å². The molecule has 1 rings (SSSR count). The number of ether oxygens (including phenoxy) is 1. The average molecular weight is 181 g/mol. The van der Waals surface area contributed by atoms with Crippen LogP contribution in [0.5, 0.6) is 5.75 Å². The molecular formula is C9H11NO3. The molecule has 70 valence electrons. The fourth-order valence-electron chi connectivity index (χ4n) is 1.03. The van der Waals surface area contributed by atoms with Crippen molar-refractivity contribution >= 4 is 11.7 Å². The third-order valence-electron chi connectivity index (χ3n) is 1.72. The molecule has 0 unspecified atom stereocenters. The van der Waals surface area contributed by atoms with Gasteiger partial charge in [-0.25, -0.2) is 4.79 Å². The van der Waals surface area contributed by atoms with Crippen LogP contribution in [0.15, 0.2) is 18.2 Å².